The first-order valence-corrected chi connectivity index (χ1v) is 8.54. The predicted molar refractivity (Wildman–Crippen MR) is 91.7 cm³/mol. The first kappa shape index (κ1) is 17.6. The summed E-state index contributed by atoms with van der Waals surface area (Å²) in [7, 11) is 0. The highest BCUT2D eigenvalue weighted by Crippen LogP contribution is 2.20. The van der Waals surface area contributed by atoms with Crippen LogP contribution >= 0.6 is 0 Å². The van der Waals surface area contributed by atoms with Crippen LogP contribution in [0.4, 0.5) is 0 Å². The summed E-state index contributed by atoms with van der Waals surface area (Å²) in [4.78, 5) is 18.8. The standard InChI is InChI=1S/C18H24N4O3/c1-13(11-24-12-15-6-4-3-5-7-15)18(23)22-8-9-25-16(10-22)17-19-14(2)20-21-17/h3-7,13,16H,8-12H2,1-2H3,(H,19,20,21)/t13-,16-/m1/s1. The van der Waals surface area contributed by atoms with Crippen molar-refractivity contribution in [2.24, 2.45) is 5.92 Å². The molecule has 134 valence electrons. The van der Waals surface area contributed by atoms with Crippen LogP contribution in [-0.2, 0) is 20.9 Å². The number of hydrogen-bond acceptors (Lipinski definition) is 5. The van der Waals surface area contributed by atoms with E-state index < -0.39 is 0 Å². The van der Waals surface area contributed by atoms with Crippen LogP contribution in [-0.4, -0.2) is 52.3 Å². The number of benzene rings is 1. The van der Waals surface area contributed by atoms with E-state index in [0.29, 0.717) is 38.7 Å². The van der Waals surface area contributed by atoms with Gasteiger partial charge in [-0.1, -0.05) is 37.3 Å². The number of amides is 1. The van der Waals surface area contributed by atoms with Gasteiger partial charge in [0.05, 0.1) is 32.3 Å². The summed E-state index contributed by atoms with van der Waals surface area (Å²) >= 11 is 0. The highest BCUT2D eigenvalue weighted by molar-refractivity contribution is 5.78. The van der Waals surface area contributed by atoms with E-state index >= 15 is 0 Å². The topological polar surface area (TPSA) is 80.3 Å². The Balaban J connectivity index is 1.49. The number of ether oxygens (including phenoxy) is 2. The molecule has 0 unspecified atom stereocenters. The normalized spacial score (nSPS) is 19.0. The van der Waals surface area contributed by atoms with Gasteiger partial charge in [0.25, 0.3) is 0 Å². The molecule has 0 bridgehead atoms. The van der Waals surface area contributed by atoms with Crippen molar-refractivity contribution >= 4 is 5.91 Å². The molecule has 0 saturated carbocycles. The van der Waals surface area contributed by atoms with Crippen molar-refractivity contribution in [1.82, 2.24) is 20.1 Å². The number of aromatic amines is 1. The van der Waals surface area contributed by atoms with Crippen LogP contribution in [0.15, 0.2) is 30.3 Å². The summed E-state index contributed by atoms with van der Waals surface area (Å²) < 4.78 is 11.4. The third-order valence-corrected chi connectivity index (χ3v) is 4.18. The molecule has 1 aliphatic rings. The van der Waals surface area contributed by atoms with Crippen molar-refractivity contribution in [3.63, 3.8) is 0 Å². The van der Waals surface area contributed by atoms with Crippen LogP contribution in [0.5, 0.6) is 0 Å². The zero-order chi connectivity index (χ0) is 17.6. The molecule has 7 nitrogen and oxygen atoms in total. The average Bonchev–Trinajstić information content (AvgIpc) is 3.08. The summed E-state index contributed by atoms with van der Waals surface area (Å²) in [6.45, 7) is 6.20. The monoisotopic (exact) mass is 344 g/mol. The zero-order valence-corrected chi connectivity index (χ0v) is 14.6. The van der Waals surface area contributed by atoms with Gasteiger partial charge in [0.2, 0.25) is 5.91 Å². The van der Waals surface area contributed by atoms with Gasteiger partial charge < -0.3 is 14.4 Å². The van der Waals surface area contributed by atoms with Crippen LogP contribution in [0.3, 0.4) is 0 Å². The Morgan fingerprint density at radius 2 is 2.24 bits per heavy atom. The van der Waals surface area contributed by atoms with Crippen LogP contribution in [0.2, 0.25) is 0 Å². The maximum Gasteiger partial charge on any atom is 0.227 e. The Bertz CT molecular complexity index is 689. The lowest BCUT2D eigenvalue weighted by molar-refractivity contribution is -0.145. The number of rotatable bonds is 6. The van der Waals surface area contributed by atoms with Crippen LogP contribution < -0.4 is 0 Å². The number of carbonyl (C=O) groups is 1. The van der Waals surface area contributed by atoms with Crippen molar-refractivity contribution in [2.75, 3.05) is 26.3 Å². The molecule has 2 heterocycles. The Hall–Kier alpha value is -2.25. The molecule has 2 atom stereocenters. The number of nitrogens with zero attached hydrogens (tertiary/aromatic N) is 3. The van der Waals surface area contributed by atoms with E-state index in [2.05, 4.69) is 15.2 Å². The van der Waals surface area contributed by atoms with Gasteiger partial charge in [-0.15, -0.1) is 0 Å². The Labute approximate surface area is 147 Å². The van der Waals surface area contributed by atoms with Crippen LogP contribution in [0.25, 0.3) is 0 Å². The largest absolute Gasteiger partial charge is 0.376 e. The minimum absolute atomic E-state index is 0.0774. The molecule has 7 heteroatoms. The van der Waals surface area contributed by atoms with Gasteiger partial charge >= 0.3 is 0 Å². The second-order valence-corrected chi connectivity index (χ2v) is 6.32. The minimum Gasteiger partial charge on any atom is -0.376 e. The van der Waals surface area contributed by atoms with Gasteiger partial charge in [-0.25, -0.2) is 4.98 Å². The number of aromatic nitrogens is 3. The molecule has 1 amide bonds. The summed E-state index contributed by atoms with van der Waals surface area (Å²) in [5.74, 6) is 1.22. The highest BCUT2D eigenvalue weighted by atomic mass is 16.5. The predicted octanol–water partition coefficient (Wildman–Crippen LogP) is 1.87. The Kier molecular flexibility index (Phi) is 5.78. The van der Waals surface area contributed by atoms with Gasteiger partial charge in [0, 0.05) is 6.54 Å². The number of hydrogen-bond donors (Lipinski definition) is 1. The van der Waals surface area contributed by atoms with Gasteiger partial charge in [0.1, 0.15) is 11.9 Å². The van der Waals surface area contributed by atoms with Gasteiger partial charge in [-0.2, -0.15) is 5.10 Å². The van der Waals surface area contributed by atoms with Crippen molar-refractivity contribution in [3.8, 4) is 0 Å². The van der Waals surface area contributed by atoms with Crippen LogP contribution in [0, 0.1) is 12.8 Å². The summed E-state index contributed by atoms with van der Waals surface area (Å²) in [6, 6.07) is 9.95. The summed E-state index contributed by atoms with van der Waals surface area (Å²) in [6.07, 6.45) is -0.278. The summed E-state index contributed by atoms with van der Waals surface area (Å²) in [5, 5.41) is 6.95. The SMILES string of the molecule is Cc1nc([C@H]2CN(C(=O)[C@H](C)COCc3ccccc3)CCO2)n[nH]1. The third kappa shape index (κ3) is 4.64. The quantitative estimate of drug-likeness (QED) is 0.865. The zero-order valence-electron chi connectivity index (χ0n) is 14.6. The first-order valence-electron chi connectivity index (χ1n) is 8.54. The van der Waals surface area contributed by atoms with Gasteiger partial charge in [-0.05, 0) is 12.5 Å². The lowest BCUT2D eigenvalue weighted by Crippen LogP contribution is -2.45. The third-order valence-electron chi connectivity index (χ3n) is 4.18. The molecule has 0 spiro atoms. The fraction of sp³-hybridized carbons (Fsp3) is 0.500. The van der Waals surface area contributed by atoms with E-state index in [1.807, 2.05) is 49.1 Å². The molecule has 1 aromatic carbocycles. The number of H-pyrrole nitrogens is 1. The second kappa shape index (κ2) is 8.22. The van der Waals surface area contributed by atoms with E-state index in [1.165, 1.54) is 0 Å². The molecule has 0 aliphatic carbocycles. The number of nitrogens with one attached hydrogen (secondary N) is 1. The molecule has 1 N–H and O–H groups in total. The van der Waals surface area contributed by atoms with E-state index in [9.17, 15) is 4.79 Å². The molecule has 3 rings (SSSR count). The van der Waals surface area contributed by atoms with Crippen molar-refractivity contribution < 1.29 is 14.3 Å². The van der Waals surface area contributed by atoms with Crippen LogP contribution in [0.1, 0.15) is 30.2 Å². The molecule has 0 radical (unpaired) electrons. The van der Waals surface area contributed by atoms with E-state index in [1.54, 1.807) is 0 Å². The van der Waals surface area contributed by atoms with Crippen molar-refractivity contribution in [1.29, 1.82) is 0 Å². The van der Waals surface area contributed by atoms with Crippen molar-refractivity contribution in [3.05, 3.63) is 47.5 Å². The number of aryl methyl sites for hydroxylation is 1. The lowest BCUT2D eigenvalue weighted by Gasteiger charge is -2.33. The fourth-order valence-corrected chi connectivity index (χ4v) is 2.82. The van der Waals surface area contributed by atoms with E-state index in [-0.39, 0.29) is 17.9 Å². The minimum atomic E-state index is -0.278. The molecule has 1 aliphatic heterocycles. The molecular weight excluding hydrogens is 320 g/mol. The Morgan fingerprint density at radius 1 is 1.44 bits per heavy atom. The highest BCUT2D eigenvalue weighted by Gasteiger charge is 2.30. The van der Waals surface area contributed by atoms with E-state index in [4.69, 9.17) is 9.47 Å². The smallest absolute Gasteiger partial charge is 0.227 e. The Morgan fingerprint density at radius 3 is 2.96 bits per heavy atom. The van der Waals surface area contributed by atoms with Crippen molar-refractivity contribution in [2.45, 2.75) is 26.6 Å². The molecule has 1 fully saturated rings. The molecule has 1 saturated heterocycles. The van der Waals surface area contributed by atoms with E-state index in [0.717, 1.165) is 11.4 Å². The molecule has 25 heavy (non-hydrogen) atoms. The number of morpholine rings is 1. The maximum atomic E-state index is 12.7. The molecule has 1 aromatic heterocycles. The number of carbonyl (C=O) groups excluding carboxylic acids is 1. The summed E-state index contributed by atoms with van der Waals surface area (Å²) in [5.41, 5.74) is 1.11. The first-order chi connectivity index (χ1) is 12.1. The lowest BCUT2D eigenvalue weighted by atomic mass is 10.1. The molecular formula is C18H24N4O3. The fourth-order valence-electron chi connectivity index (χ4n) is 2.82. The molecule has 2 aromatic rings. The second-order valence-electron chi connectivity index (χ2n) is 6.32. The van der Waals surface area contributed by atoms with Gasteiger partial charge in [-0.3, -0.25) is 9.89 Å². The van der Waals surface area contributed by atoms with Gasteiger partial charge in [0.15, 0.2) is 5.82 Å². The maximum absolute atomic E-state index is 12.7. The average molecular weight is 344 g/mol.